The summed E-state index contributed by atoms with van der Waals surface area (Å²) in [6.07, 6.45) is 28.6. The summed E-state index contributed by atoms with van der Waals surface area (Å²) in [5, 5.41) is 29.7. The molecule has 9 nitrogen and oxygen atoms in total. The van der Waals surface area contributed by atoms with Crippen molar-refractivity contribution in [1.29, 1.82) is 0 Å². The molecule has 11 heteroatoms. The minimum absolute atomic E-state index is 0.0258. The van der Waals surface area contributed by atoms with Crippen LogP contribution in [0.1, 0.15) is 200 Å². The molecule has 3 N–H and O–H groups in total. The lowest BCUT2D eigenvalue weighted by atomic mass is 10.0. The molecule has 0 bridgehead atoms. The van der Waals surface area contributed by atoms with E-state index in [1.807, 2.05) is 0 Å². The number of unbranched alkanes of at least 4 members (excludes halogenated alkanes) is 26. The van der Waals surface area contributed by atoms with Gasteiger partial charge in [0.1, 0.15) is 12.2 Å². The summed E-state index contributed by atoms with van der Waals surface area (Å²) >= 11 is 0. The van der Waals surface area contributed by atoms with Crippen molar-refractivity contribution in [3.8, 4) is 0 Å². The number of hydrogen-bond acceptors (Lipinski definition) is 9. The summed E-state index contributed by atoms with van der Waals surface area (Å²) in [5.41, 5.74) is 0. The second kappa shape index (κ2) is 32.8. The SMILES string of the molecule is CCCCCCCCCCCCCCCCS(=O)(=O)CC(CO[C@@H]1C[C@@H](O)[C@H](O)[C@@H](CO)O1)CS(=O)(=O)CCCCCCCCCCCCCCCC. The van der Waals surface area contributed by atoms with Gasteiger partial charge in [-0.15, -0.1) is 0 Å². The Morgan fingerprint density at radius 1 is 0.547 bits per heavy atom. The van der Waals surface area contributed by atoms with Gasteiger partial charge in [0.15, 0.2) is 26.0 Å². The van der Waals surface area contributed by atoms with Crippen LogP contribution in [-0.4, -0.2) is 93.0 Å². The Morgan fingerprint density at radius 2 is 0.868 bits per heavy atom. The maximum atomic E-state index is 13.2. The summed E-state index contributed by atoms with van der Waals surface area (Å²) in [7, 11) is -7.04. The minimum atomic E-state index is -3.52. The smallest absolute Gasteiger partial charge is 0.160 e. The number of sulfone groups is 2. The molecular formula is C42H84O9S2. The van der Waals surface area contributed by atoms with Crippen LogP contribution in [0.25, 0.3) is 0 Å². The molecule has 0 unspecified atom stereocenters. The molecule has 0 spiro atoms. The van der Waals surface area contributed by atoms with E-state index < -0.39 is 56.8 Å². The van der Waals surface area contributed by atoms with E-state index in [1.54, 1.807) is 0 Å². The van der Waals surface area contributed by atoms with Crippen molar-refractivity contribution < 1.29 is 41.6 Å². The van der Waals surface area contributed by atoms with Crippen LogP contribution in [0.2, 0.25) is 0 Å². The molecule has 1 aliphatic rings. The van der Waals surface area contributed by atoms with Crippen molar-refractivity contribution in [3.05, 3.63) is 0 Å². The highest BCUT2D eigenvalue weighted by atomic mass is 32.2. The zero-order valence-electron chi connectivity index (χ0n) is 34.2. The molecule has 1 heterocycles. The van der Waals surface area contributed by atoms with Crippen LogP contribution in [-0.2, 0) is 29.1 Å². The Kier molecular flexibility index (Phi) is 31.3. The van der Waals surface area contributed by atoms with E-state index in [0.717, 1.165) is 38.5 Å². The lowest BCUT2D eigenvalue weighted by molar-refractivity contribution is -0.258. The molecular weight excluding hydrogens is 713 g/mol. The van der Waals surface area contributed by atoms with Crippen LogP contribution in [0.15, 0.2) is 0 Å². The standard InChI is InChI=1S/C42H84O9S2/c1-3-5-7-9-11-13-15-17-19-21-23-25-27-29-31-52(46,47)36-38(35-50-41-33-39(44)42(45)40(34-43)51-41)37-53(48,49)32-30-28-26-24-22-20-18-16-14-12-10-8-6-4-2/h38-45H,3-37H2,1-2H3/t39-,40-,41+,42+/m1/s1. The van der Waals surface area contributed by atoms with Crippen molar-refractivity contribution in [1.82, 2.24) is 0 Å². The molecule has 0 saturated carbocycles. The summed E-state index contributed by atoms with van der Waals surface area (Å²) in [4.78, 5) is 0. The Hall–Kier alpha value is -0.300. The van der Waals surface area contributed by atoms with Crippen LogP contribution in [0, 0.1) is 5.92 Å². The Balaban J connectivity index is 2.44. The van der Waals surface area contributed by atoms with Crippen LogP contribution in [0.3, 0.4) is 0 Å². The molecule has 0 radical (unpaired) electrons. The number of aliphatic hydroxyl groups is 3. The van der Waals surface area contributed by atoms with E-state index in [2.05, 4.69) is 13.8 Å². The molecule has 1 saturated heterocycles. The largest absolute Gasteiger partial charge is 0.394 e. The zero-order chi connectivity index (χ0) is 39.0. The topological polar surface area (TPSA) is 147 Å². The van der Waals surface area contributed by atoms with Crippen molar-refractivity contribution in [2.75, 3.05) is 36.2 Å². The maximum absolute atomic E-state index is 13.2. The van der Waals surface area contributed by atoms with E-state index in [0.29, 0.717) is 12.8 Å². The van der Waals surface area contributed by atoms with Gasteiger partial charge in [-0.25, -0.2) is 16.8 Å². The number of rotatable bonds is 38. The third-order valence-corrected chi connectivity index (χ3v) is 14.6. The molecule has 0 aromatic carbocycles. The van der Waals surface area contributed by atoms with Gasteiger partial charge in [-0.2, -0.15) is 0 Å². The molecule has 0 amide bonds. The monoisotopic (exact) mass is 797 g/mol. The molecule has 318 valence electrons. The fraction of sp³-hybridized carbons (Fsp3) is 1.00. The molecule has 1 rings (SSSR count). The van der Waals surface area contributed by atoms with E-state index in [-0.39, 0.29) is 36.0 Å². The molecule has 0 aromatic heterocycles. The van der Waals surface area contributed by atoms with Crippen molar-refractivity contribution in [2.45, 2.75) is 225 Å². The van der Waals surface area contributed by atoms with Crippen LogP contribution in [0.5, 0.6) is 0 Å². The zero-order valence-corrected chi connectivity index (χ0v) is 35.9. The van der Waals surface area contributed by atoms with Gasteiger partial charge < -0.3 is 24.8 Å². The quantitative estimate of drug-likeness (QED) is 0.0520. The third-order valence-electron chi connectivity index (χ3n) is 10.8. The first-order valence-corrected chi connectivity index (χ1v) is 25.8. The highest BCUT2D eigenvalue weighted by Gasteiger charge is 2.37. The molecule has 1 aliphatic heterocycles. The lowest BCUT2D eigenvalue weighted by Gasteiger charge is -2.36. The first kappa shape index (κ1) is 50.7. The molecule has 53 heavy (non-hydrogen) atoms. The van der Waals surface area contributed by atoms with Gasteiger partial charge in [-0.3, -0.25) is 0 Å². The van der Waals surface area contributed by atoms with Crippen LogP contribution < -0.4 is 0 Å². The molecule has 0 aromatic rings. The molecule has 0 aliphatic carbocycles. The predicted molar refractivity (Wildman–Crippen MR) is 220 cm³/mol. The first-order valence-electron chi connectivity index (χ1n) is 22.2. The Morgan fingerprint density at radius 3 is 1.19 bits per heavy atom. The normalized spacial score (nSPS) is 19.7. The van der Waals surface area contributed by atoms with Crippen LogP contribution >= 0.6 is 0 Å². The van der Waals surface area contributed by atoms with Gasteiger partial charge in [0.05, 0.1) is 42.3 Å². The second-order valence-electron chi connectivity index (χ2n) is 16.2. The van der Waals surface area contributed by atoms with Crippen molar-refractivity contribution >= 4 is 19.7 Å². The maximum Gasteiger partial charge on any atom is 0.160 e. The first-order chi connectivity index (χ1) is 25.5. The summed E-state index contributed by atoms with van der Waals surface area (Å²) in [6.45, 7) is 3.81. The van der Waals surface area contributed by atoms with E-state index in [4.69, 9.17) is 9.47 Å². The highest BCUT2D eigenvalue weighted by molar-refractivity contribution is 7.92. The Labute approximate surface area is 327 Å². The fourth-order valence-electron chi connectivity index (χ4n) is 7.48. The molecule has 1 fully saturated rings. The van der Waals surface area contributed by atoms with Crippen LogP contribution in [0.4, 0.5) is 0 Å². The highest BCUT2D eigenvalue weighted by Crippen LogP contribution is 2.23. The number of ether oxygens (including phenoxy) is 2. The van der Waals surface area contributed by atoms with Gasteiger partial charge in [-0.05, 0) is 12.8 Å². The van der Waals surface area contributed by atoms with Gasteiger partial charge in [0, 0.05) is 12.3 Å². The minimum Gasteiger partial charge on any atom is -0.394 e. The average molecular weight is 797 g/mol. The summed E-state index contributed by atoms with van der Waals surface area (Å²) in [5.74, 6) is -1.30. The predicted octanol–water partition coefficient (Wildman–Crippen LogP) is 9.24. The lowest BCUT2D eigenvalue weighted by Crippen LogP contribution is -2.50. The average Bonchev–Trinajstić information content (AvgIpc) is 3.11. The van der Waals surface area contributed by atoms with Crippen molar-refractivity contribution in [2.24, 2.45) is 5.92 Å². The Bertz CT molecular complexity index is 973. The van der Waals surface area contributed by atoms with E-state index in [9.17, 15) is 32.2 Å². The number of hydrogen-bond donors (Lipinski definition) is 3. The number of aliphatic hydroxyl groups excluding tert-OH is 3. The van der Waals surface area contributed by atoms with Gasteiger partial charge >= 0.3 is 0 Å². The van der Waals surface area contributed by atoms with E-state index in [1.165, 1.54) is 128 Å². The molecule has 4 atom stereocenters. The summed E-state index contributed by atoms with van der Waals surface area (Å²) in [6, 6.07) is 0. The van der Waals surface area contributed by atoms with Gasteiger partial charge in [-0.1, -0.05) is 181 Å². The van der Waals surface area contributed by atoms with Gasteiger partial charge in [0.2, 0.25) is 0 Å². The second-order valence-corrected chi connectivity index (χ2v) is 20.7. The van der Waals surface area contributed by atoms with Crippen molar-refractivity contribution in [3.63, 3.8) is 0 Å². The summed E-state index contributed by atoms with van der Waals surface area (Å²) < 4.78 is 64.2. The van der Waals surface area contributed by atoms with E-state index >= 15 is 0 Å². The fourth-order valence-corrected chi connectivity index (χ4v) is 11.1. The third kappa shape index (κ3) is 28.7. The van der Waals surface area contributed by atoms with Gasteiger partial charge in [0.25, 0.3) is 0 Å².